The van der Waals surface area contributed by atoms with Crippen LogP contribution < -0.4 is 0 Å². The largest absolute Gasteiger partial charge is 0.444 e. The molecule has 0 spiro atoms. The number of amides is 1. The lowest BCUT2D eigenvalue weighted by molar-refractivity contribution is 0.0173. The van der Waals surface area contributed by atoms with Crippen molar-refractivity contribution in [1.82, 2.24) is 9.21 Å². The smallest absolute Gasteiger partial charge is 0.410 e. The number of likely N-dealkylation sites (tertiary alicyclic amines) is 1. The number of carbonyl (C=O) groups is 1. The Morgan fingerprint density at radius 3 is 2.42 bits per heavy atom. The maximum absolute atomic E-state index is 12.9. The third kappa shape index (κ3) is 3.19. The number of nitrogens with zero attached hydrogens (tertiary/aromatic N) is 2. The molecule has 0 N–H and O–H groups in total. The molecule has 2 fully saturated rings. The van der Waals surface area contributed by atoms with Gasteiger partial charge in [-0.1, -0.05) is 12.1 Å². The van der Waals surface area contributed by atoms with Crippen LogP contribution in [-0.2, 0) is 14.8 Å². The van der Waals surface area contributed by atoms with Crippen LogP contribution in [-0.4, -0.2) is 54.5 Å². The van der Waals surface area contributed by atoms with Gasteiger partial charge in [0, 0.05) is 23.6 Å². The van der Waals surface area contributed by atoms with Gasteiger partial charge in [-0.15, -0.1) is 0 Å². The van der Waals surface area contributed by atoms with Gasteiger partial charge in [-0.05, 0) is 55.3 Å². The molecule has 132 valence electrons. The zero-order chi connectivity index (χ0) is 17.7. The summed E-state index contributed by atoms with van der Waals surface area (Å²) in [5, 5.41) is 0. The second-order valence-corrected chi connectivity index (χ2v) is 9.89. The molecule has 2 aliphatic rings. The topological polar surface area (TPSA) is 66.9 Å². The van der Waals surface area contributed by atoms with E-state index in [2.05, 4.69) is 15.9 Å². The molecule has 3 rings (SSSR count). The summed E-state index contributed by atoms with van der Waals surface area (Å²) in [6, 6.07) is 6.48. The van der Waals surface area contributed by atoms with E-state index in [1.54, 1.807) is 29.2 Å². The summed E-state index contributed by atoms with van der Waals surface area (Å²) in [5.74, 6) is 0. The Morgan fingerprint density at radius 1 is 1.21 bits per heavy atom. The SMILES string of the molecule is CC(C)(C)OC(=O)N1C[C@@H]2C[C@H]1CN2S(=O)(=O)c1ccccc1Br. The molecule has 2 saturated heterocycles. The Hall–Kier alpha value is -1.12. The van der Waals surface area contributed by atoms with E-state index in [1.165, 1.54) is 4.31 Å². The maximum Gasteiger partial charge on any atom is 0.410 e. The number of piperazine rings is 1. The van der Waals surface area contributed by atoms with E-state index in [1.807, 2.05) is 20.8 Å². The molecule has 8 heteroatoms. The van der Waals surface area contributed by atoms with Crippen LogP contribution in [0.25, 0.3) is 0 Å². The van der Waals surface area contributed by atoms with E-state index in [9.17, 15) is 13.2 Å². The molecule has 0 saturated carbocycles. The lowest BCUT2D eigenvalue weighted by Gasteiger charge is -2.34. The van der Waals surface area contributed by atoms with Crippen LogP contribution in [0.15, 0.2) is 33.6 Å². The molecule has 24 heavy (non-hydrogen) atoms. The summed E-state index contributed by atoms with van der Waals surface area (Å²) >= 11 is 3.31. The molecule has 1 amide bonds. The lowest BCUT2D eigenvalue weighted by Crippen LogP contribution is -2.51. The van der Waals surface area contributed by atoms with Gasteiger partial charge in [-0.2, -0.15) is 4.31 Å². The van der Waals surface area contributed by atoms with Crippen LogP contribution in [0.5, 0.6) is 0 Å². The Labute approximate surface area is 150 Å². The zero-order valence-electron chi connectivity index (χ0n) is 13.9. The fourth-order valence-corrected chi connectivity index (χ4v) is 5.88. The van der Waals surface area contributed by atoms with Gasteiger partial charge < -0.3 is 9.64 Å². The van der Waals surface area contributed by atoms with Crippen LogP contribution in [0, 0.1) is 0 Å². The van der Waals surface area contributed by atoms with Crippen molar-refractivity contribution >= 4 is 32.0 Å². The van der Waals surface area contributed by atoms with Crippen molar-refractivity contribution < 1.29 is 17.9 Å². The van der Waals surface area contributed by atoms with Gasteiger partial charge in [0.15, 0.2) is 0 Å². The summed E-state index contributed by atoms with van der Waals surface area (Å²) in [6.45, 7) is 6.16. The normalized spacial score (nSPS) is 24.4. The van der Waals surface area contributed by atoms with Crippen molar-refractivity contribution in [2.45, 2.75) is 49.8 Å². The van der Waals surface area contributed by atoms with Gasteiger partial charge in [0.2, 0.25) is 10.0 Å². The molecular weight excluding hydrogens is 396 g/mol. The second kappa shape index (κ2) is 6.00. The van der Waals surface area contributed by atoms with Crippen LogP contribution in [0.1, 0.15) is 27.2 Å². The number of ether oxygens (including phenoxy) is 1. The first-order chi connectivity index (χ1) is 11.1. The van der Waals surface area contributed by atoms with E-state index in [0.717, 1.165) is 0 Å². The molecule has 2 atom stereocenters. The number of hydrogen-bond donors (Lipinski definition) is 0. The molecule has 2 bridgehead atoms. The fraction of sp³-hybridized carbons (Fsp3) is 0.562. The minimum Gasteiger partial charge on any atom is -0.444 e. The predicted molar refractivity (Wildman–Crippen MR) is 93.2 cm³/mol. The summed E-state index contributed by atoms with van der Waals surface area (Å²) in [7, 11) is -3.58. The number of carbonyl (C=O) groups excluding carboxylic acids is 1. The summed E-state index contributed by atoms with van der Waals surface area (Å²) in [5.41, 5.74) is -0.556. The number of sulfonamides is 1. The highest BCUT2D eigenvalue weighted by molar-refractivity contribution is 9.10. The highest BCUT2D eigenvalue weighted by atomic mass is 79.9. The first-order valence-electron chi connectivity index (χ1n) is 7.85. The first kappa shape index (κ1) is 17.7. The lowest BCUT2D eigenvalue weighted by atomic mass is 10.2. The van der Waals surface area contributed by atoms with Crippen molar-refractivity contribution in [3.05, 3.63) is 28.7 Å². The molecular formula is C16H21BrN2O4S. The van der Waals surface area contributed by atoms with Crippen LogP contribution in [0.4, 0.5) is 4.79 Å². The molecule has 0 unspecified atom stereocenters. The quantitative estimate of drug-likeness (QED) is 0.743. The van der Waals surface area contributed by atoms with Gasteiger partial charge >= 0.3 is 6.09 Å². The Kier molecular flexibility index (Phi) is 4.42. The minimum absolute atomic E-state index is 0.123. The van der Waals surface area contributed by atoms with E-state index >= 15 is 0 Å². The van der Waals surface area contributed by atoms with E-state index in [-0.39, 0.29) is 23.1 Å². The van der Waals surface area contributed by atoms with Crippen LogP contribution >= 0.6 is 15.9 Å². The Morgan fingerprint density at radius 2 is 1.88 bits per heavy atom. The van der Waals surface area contributed by atoms with Gasteiger partial charge in [0.1, 0.15) is 5.60 Å². The number of fused-ring (bicyclic) bond motifs is 2. The number of halogens is 1. The average molecular weight is 417 g/mol. The molecule has 0 radical (unpaired) electrons. The average Bonchev–Trinajstić information content (AvgIpc) is 3.06. The van der Waals surface area contributed by atoms with Crippen LogP contribution in [0.2, 0.25) is 0 Å². The van der Waals surface area contributed by atoms with E-state index in [4.69, 9.17) is 4.74 Å². The predicted octanol–water partition coefficient (Wildman–Crippen LogP) is 2.83. The molecule has 0 aliphatic carbocycles. The van der Waals surface area contributed by atoms with E-state index < -0.39 is 15.6 Å². The van der Waals surface area contributed by atoms with Crippen LogP contribution in [0.3, 0.4) is 0 Å². The van der Waals surface area contributed by atoms with Gasteiger partial charge in [-0.25, -0.2) is 13.2 Å². The number of hydrogen-bond acceptors (Lipinski definition) is 4. The van der Waals surface area contributed by atoms with Gasteiger partial charge in [0.05, 0.1) is 10.9 Å². The van der Waals surface area contributed by atoms with Crippen molar-refractivity contribution in [3.63, 3.8) is 0 Å². The van der Waals surface area contributed by atoms with E-state index in [0.29, 0.717) is 24.0 Å². The third-order valence-electron chi connectivity index (χ3n) is 4.24. The Bertz CT molecular complexity index is 760. The van der Waals surface area contributed by atoms with Crippen molar-refractivity contribution in [2.75, 3.05) is 13.1 Å². The molecule has 1 aromatic rings. The van der Waals surface area contributed by atoms with Crippen molar-refractivity contribution in [1.29, 1.82) is 0 Å². The number of benzene rings is 1. The minimum atomic E-state index is -3.58. The zero-order valence-corrected chi connectivity index (χ0v) is 16.3. The molecule has 6 nitrogen and oxygen atoms in total. The molecule has 0 aromatic heterocycles. The highest BCUT2D eigenvalue weighted by Gasteiger charge is 2.51. The highest BCUT2D eigenvalue weighted by Crippen LogP contribution is 2.37. The summed E-state index contributed by atoms with van der Waals surface area (Å²) in [4.78, 5) is 14.2. The second-order valence-electron chi connectivity index (χ2n) is 7.18. The molecule has 2 heterocycles. The molecule has 1 aromatic carbocycles. The summed E-state index contributed by atoms with van der Waals surface area (Å²) in [6.07, 6.45) is 0.288. The van der Waals surface area contributed by atoms with Gasteiger partial charge in [0.25, 0.3) is 0 Å². The van der Waals surface area contributed by atoms with Crippen molar-refractivity contribution in [3.8, 4) is 0 Å². The van der Waals surface area contributed by atoms with Crippen molar-refractivity contribution in [2.24, 2.45) is 0 Å². The summed E-state index contributed by atoms with van der Waals surface area (Å²) < 4.78 is 33.3. The monoisotopic (exact) mass is 416 g/mol. The maximum atomic E-state index is 12.9. The fourth-order valence-electron chi connectivity index (χ4n) is 3.25. The number of rotatable bonds is 2. The Balaban J connectivity index is 1.76. The molecule has 2 aliphatic heterocycles. The first-order valence-corrected chi connectivity index (χ1v) is 10.1. The standard InChI is InChI=1S/C16H21BrN2O4S/c1-16(2,3)23-15(20)18-9-12-8-11(18)10-19(12)24(21,22)14-7-5-4-6-13(14)17/h4-7,11-12H,8-10H2,1-3H3/t11-,12-/m0/s1. The third-order valence-corrected chi connectivity index (χ3v) is 7.17. The van der Waals surface area contributed by atoms with Gasteiger partial charge in [-0.3, -0.25) is 0 Å².